The van der Waals surface area contributed by atoms with Gasteiger partial charge in [0.05, 0.1) is 11.9 Å². The number of hydrogen-bond acceptors (Lipinski definition) is 3. The van der Waals surface area contributed by atoms with Crippen molar-refractivity contribution in [1.82, 2.24) is 9.88 Å². The van der Waals surface area contributed by atoms with E-state index in [1.807, 2.05) is 12.3 Å². The third-order valence-corrected chi connectivity index (χ3v) is 4.74. The van der Waals surface area contributed by atoms with Crippen LogP contribution in [0, 0.1) is 6.92 Å². The lowest BCUT2D eigenvalue weighted by Crippen LogP contribution is -2.44. The molecule has 0 aromatic carbocycles. The minimum Gasteiger partial charge on any atom is -0.381 e. The van der Waals surface area contributed by atoms with Gasteiger partial charge in [-0.3, -0.25) is 0 Å². The van der Waals surface area contributed by atoms with Crippen molar-refractivity contribution in [3.63, 3.8) is 0 Å². The molecule has 0 amide bonds. The summed E-state index contributed by atoms with van der Waals surface area (Å²) in [6.07, 6.45) is 7.07. The second kappa shape index (κ2) is 4.71. The summed E-state index contributed by atoms with van der Waals surface area (Å²) in [6.45, 7) is 2.08. The Morgan fingerprint density at radius 2 is 2.00 bits per heavy atom. The van der Waals surface area contributed by atoms with Crippen molar-refractivity contribution in [3.05, 3.63) is 23.0 Å². The van der Waals surface area contributed by atoms with Crippen molar-refractivity contribution >= 4 is 17.3 Å². The van der Waals surface area contributed by atoms with E-state index in [0.717, 1.165) is 17.8 Å². The molecule has 98 valence electrons. The first kappa shape index (κ1) is 12.2. The summed E-state index contributed by atoms with van der Waals surface area (Å²) in [7, 11) is 2.27. The highest BCUT2D eigenvalue weighted by molar-refractivity contribution is 6.29. The molecule has 1 N–H and O–H groups in total. The van der Waals surface area contributed by atoms with Crippen molar-refractivity contribution in [1.29, 1.82) is 0 Å². The average molecular weight is 266 g/mol. The van der Waals surface area contributed by atoms with Crippen LogP contribution in [0.4, 0.5) is 5.69 Å². The van der Waals surface area contributed by atoms with E-state index < -0.39 is 0 Å². The number of anilines is 1. The number of pyridine rings is 1. The van der Waals surface area contributed by atoms with Gasteiger partial charge in [-0.1, -0.05) is 11.6 Å². The number of nitrogens with zero attached hydrogens (tertiary/aromatic N) is 2. The van der Waals surface area contributed by atoms with Crippen LogP contribution < -0.4 is 5.32 Å². The highest BCUT2D eigenvalue weighted by Gasteiger charge is 2.38. The molecule has 1 aromatic rings. The van der Waals surface area contributed by atoms with Crippen molar-refractivity contribution in [2.24, 2.45) is 0 Å². The van der Waals surface area contributed by atoms with Crippen LogP contribution >= 0.6 is 11.6 Å². The maximum absolute atomic E-state index is 5.89. The molecule has 1 aromatic heterocycles. The lowest BCUT2D eigenvalue weighted by molar-refractivity contribution is 0.169. The minimum atomic E-state index is 0.571. The first-order valence-electron chi connectivity index (χ1n) is 6.74. The normalized spacial score (nSPS) is 31.6. The summed E-state index contributed by atoms with van der Waals surface area (Å²) in [5.74, 6) is 0. The van der Waals surface area contributed by atoms with Crippen molar-refractivity contribution in [2.45, 2.75) is 50.7 Å². The zero-order valence-corrected chi connectivity index (χ0v) is 11.7. The Labute approximate surface area is 114 Å². The smallest absolute Gasteiger partial charge is 0.129 e. The van der Waals surface area contributed by atoms with Crippen LogP contribution in [0.15, 0.2) is 12.3 Å². The van der Waals surface area contributed by atoms with E-state index in [-0.39, 0.29) is 0 Å². The zero-order valence-electron chi connectivity index (χ0n) is 11.0. The third-order valence-electron chi connectivity index (χ3n) is 4.54. The quantitative estimate of drug-likeness (QED) is 0.833. The van der Waals surface area contributed by atoms with Gasteiger partial charge in [-0.2, -0.15) is 0 Å². The van der Waals surface area contributed by atoms with Gasteiger partial charge < -0.3 is 10.2 Å². The molecule has 3 rings (SSSR count). The number of nitrogens with one attached hydrogen (secondary N) is 1. The van der Waals surface area contributed by atoms with Crippen LogP contribution in [-0.2, 0) is 0 Å². The Morgan fingerprint density at radius 1 is 1.33 bits per heavy atom. The summed E-state index contributed by atoms with van der Waals surface area (Å²) >= 11 is 5.89. The lowest BCUT2D eigenvalue weighted by Gasteiger charge is -2.37. The fraction of sp³-hybridized carbons (Fsp3) is 0.643. The lowest BCUT2D eigenvalue weighted by atomic mass is 9.97. The molecule has 3 heterocycles. The number of hydrogen-bond donors (Lipinski definition) is 1. The number of aryl methyl sites for hydroxylation is 1. The number of aromatic nitrogens is 1. The largest absolute Gasteiger partial charge is 0.381 e. The van der Waals surface area contributed by atoms with E-state index in [2.05, 4.69) is 29.2 Å². The zero-order chi connectivity index (χ0) is 12.7. The third kappa shape index (κ3) is 2.21. The Morgan fingerprint density at radius 3 is 2.61 bits per heavy atom. The van der Waals surface area contributed by atoms with Crippen LogP contribution in [-0.4, -0.2) is 35.1 Å². The molecule has 2 atom stereocenters. The fourth-order valence-corrected chi connectivity index (χ4v) is 3.63. The number of halogens is 1. The van der Waals surface area contributed by atoms with Gasteiger partial charge in [0.2, 0.25) is 0 Å². The van der Waals surface area contributed by atoms with Gasteiger partial charge in [-0.25, -0.2) is 4.98 Å². The maximum Gasteiger partial charge on any atom is 0.129 e. The molecule has 2 aliphatic heterocycles. The first-order valence-corrected chi connectivity index (χ1v) is 7.12. The van der Waals surface area contributed by atoms with Crippen LogP contribution in [0.1, 0.15) is 31.2 Å². The van der Waals surface area contributed by atoms with E-state index in [4.69, 9.17) is 11.6 Å². The standard InChI is InChI=1S/C14H20ClN3/c1-9-5-14(15)16-8-13(9)17-10-6-11-3-4-12(7-10)18(11)2/h5,8,10-12,17H,3-4,6-7H2,1-2H3. The van der Waals surface area contributed by atoms with Crippen molar-refractivity contribution < 1.29 is 0 Å². The van der Waals surface area contributed by atoms with E-state index in [9.17, 15) is 0 Å². The molecule has 18 heavy (non-hydrogen) atoms. The molecular weight excluding hydrogens is 246 g/mol. The highest BCUT2D eigenvalue weighted by atomic mass is 35.5. The van der Waals surface area contributed by atoms with E-state index in [1.165, 1.54) is 31.2 Å². The van der Waals surface area contributed by atoms with Gasteiger partial charge in [0.25, 0.3) is 0 Å². The number of rotatable bonds is 2. The van der Waals surface area contributed by atoms with Gasteiger partial charge in [0, 0.05) is 18.1 Å². The molecule has 2 fully saturated rings. The van der Waals surface area contributed by atoms with Crippen LogP contribution in [0.3, 0.4) is 0 Å². The van der Waals surface area contributed by atoms with Gasteiger partial charge in [-0.05, 0) is 51.3 Å². The molecule has 4 heteroatoms. The SMILES string of the molecule is Cc1cc(Cl)ncc1NC1CC2CCC(C1)N2C. The second-order valence-electron chi connectivity index (χ2n) is 5.69. The van der Waals surface area contributed by atoms with E-state index in [1.54, 1.807) is 0 Å². The molecule has 2 unspecified atom stereocenters. The Balaban J connectivity index is 1.70. The number of fused-ring (bicyclic) bond motifs is 2. The molecule has 0 aliphatic carbocycles. The highest BCUT2D eigenvalue weighted by Crippen LogP contribution is 2.35. The average Bonchev–Trinajstić information content (AvgIpc) is 2.57. The molecule has 2 saturated heterocycles. The van der Waals surface area contributed by atoms with Crippen molar-refractivity contribution in [3.8, 4) is 0 Å². The van der Waals surface area contributed by atoms with Gasteiger partial charge in [0.1, 0.15) is 5.15 Å². The predicted molar refractivity (Wildman–Crippen MR) is 75.2 cm³/mol. The second-order valence-corrected chi connectivity index (χ2v) is 6.07. The summed E-state index contributed by atoms with van der Waals surface area (Å²) in [6, 6.07) is 4.04. The number of piperidine rings is 1. The van der Waals surface area contributed by atoms with Crippen molar-refractivity contribution in [2.75, 3.05) is 12.4 Å². The molecule has 3 nitrogen and oxygen atoms in total. The fourth-order valence-electron chi connectivity index (χ4n) is 3.42. The van der Waals surface area contributed by atoms with E-state index in [0.29, 0.717) is 11.2 Å². The minimum absolute atomic E-state index is 0.571. The first-order chi connectivity index (χ1) is 8.63. The van der Waals surface area contributed by atoms with Gasteiger partial charge >= 0.3 is 0 Å². The Bertz CT molecular complexity index is 435. The molecule has 0 saturated carbocycles. The summed E-state index contributed by atoms with van der Waals surface area (Å²) in [5.41, 5.74) is 2.31. The van der Waals surface area contributed by atoms with E-state index >= 15 is 0 Å². The maximum atomic E-state index is 5.89. The monoisotopic (exact) mass is 265 g/mol. The topological polar surface area (TPSA) is 28.2 Å². The molecule has 2 aliphatic rings. The molecule has 0 spiro atoms. The van der Waals surface area contributed by atoms with Gasteiger partial charge in [-0.15, -0.1) is 0 Å². The molecule has 2 bridgehead atoms. The van der Waals surface area contributed by atoms with Crippen LogP contribution in [0.2, 0.25) is 5.15 Å². The summed E-state index contributed by atoms with van der Waals surface area (Å²) in [5, 5.41) is 4.22. The molecular formula is C14H20ClN3. The summed E-state index contributed by atoms with van der Waals surface area (Å²) in [4.78, 5) is 6.73. The van der Waals surface area contributed by atoms with Crippen LogP contribution in [0.25, 0.3) is 0 Å². The van der Waals surface area contributed by atoms with Crippen LogP contribution in [0.5, 0.6) is 0 Å². The van der Waals surface area contributed by atoms with Gasteiger partial charge in [0.15, 0.2) is 0 Å². The molecule has 0 radical (unpaired) electrons. The summed E-state index contributed by atoms with van der Waals surface area (Å²) < 4.78 is 0. The predicted octanol–water partition coefficient (Wildman–Crippen LogP) is 3.08. The Kier molecular flexibility index (Phi) is 3.20. The Hall–Kier alpha value is -0.800.